The number of phenolic OH excluding ortho intramolecular Hbond substituents is 1. The van der Waals surface area contributed by atoms with Gasteiger partial charge >= 0.3 is 0 Å². The first-order valence-electron chi connectivity index (χ1n) is 8.64. The SMILES string of the molecule is COc1cc(O)cc(NC(=O)C2(C(=O)Nc3cc(OC)cc(OC)c3)CC2)c1. The predicted molar refractivity (Wildman–Crippen MR) is 103 cm³/mol. The molecule has 1 saturated carbocycles. The number of nitrogens with one attached hydrogen (secondary N) is 2. The molecule has 0 saturated heterocycles. The maximum Gasteiger partial charge on any atom is 0.240 e. The minimum Gasteiger partial charge on any atom is -0.508 e. The summed E-state index contributed by atoms with van der Waals surface area (Å²) in [6.45, 7) is 0. The molecular formula is C20H22N2O6. The number of benzene rings is 2. The molecule has 1 aliphatic carbocycles. The molecule has 0 unspecified atom stereocenters. The predicted octanol–water partition coefficient (Wildman–Crippen LogP) is 2.78. The van der Waals surface area contributed by atoms with Crippen LogP contribution in [-0.2, 0) is 9.59 Å². The first kappa shape index (κ1) is 19.3. The minimum atomic E-state index is -1.16. The molecule has 3 N–H and O–H groups in total. The van der Waals surface area contributed by atoms with E-state index in [9.17, 15) is 14.7 Å². The van der Waals surface area contributed by atoms with Gasteiger partial charge in [-0.15, -0.1) is 0 Å². The second-order valence-electron chi connectivity index (χ2n) is 6.51. The number of amides is 2. The Morgan fingerprint density at radius 2 is 1.21 bits per heavy atom. The lowest BCUT2D eigenvalue weighted by molar-refractivity contribution is -0.131. The normalized spacial score (nSPS) is 14.0. The third-order valence-electron chi connectivity index (χ3n) is 4.61. The highest BCUT2D eigenvalue weighted by molar-refractivity contribution is 6.17. The standard InChI is InChI=1S/C20H22N2O6/c1-26-15-7-12(6-14(23)10-15)21-18(24)20(4-5-20)19(25)22-13-8-16(27-2)11-17(9-13)28-3/h6-11,23H,4-5H2,1-3H3,(H,21,24)(H,22,25). The number of hydrogen-bond acceptors (Lipinski definition) is 6. The molecule has 8 heteroatoms. The molecule has 0 heterocycles. The zero-order valence-electron chi connectivity index (χ0n) is 15.9. The minimum absolute atomic E-state index is 0.0487. The van der Waals surface area contributed by atoms with E-state index in [4.69, 9.17) is 14.2 Å². The van der Waals surface area contributed by atoms with Gasteiger partial charge in [-0.1, -0.05) is 0 Å². The van der Waals surface area contributed by atoms with Gasteiger partial charge in [-0.2, -0.15) is 0 Å². The third kappa shape index (κ3) is 3.95. The monoisotopic (exact) mass is 386 g/mol. The molecule has 2 aromatic rings. The highest BCUT2D eigenvalue weighted by atomic mass is 16.5. The fourth-order valence-electron chi connectivity index (χ4n) is 2.84. The summed E-state index contributed by atoms with van der Waals surface area (Å²) in [6.07, 6.45) is 0.865. The molecular weight excluding hydrogens is 364 g/mol. The maximum atomic E-state index is 12.8. The average Bonchev–Trinajstić information content (AvgIpc) is 3.49. The Bertz CT molecular complexity index is 885. The van der Waals surface area contributed by atoms with Crippen molar-refractivity contribution in [2.24, 2.45) is 5.41 Å². The molecule has 0 atom stereocenters. The second-order valence-corrected chi connectivity index (χ2v) is 6.51. The number of anilines is 2. The van der Waals surface area contributed by atoms with Crippen molar-refractivity contribution < 1.29 is 28.9 Å². The van der Waals surface area contributed by atoms with Crippen molar-refractivity contribution in [2.75, 3.05) is 32.0 Å². The van der Waals surface area contributed by atoms with Gasteiger partial charge in [0.15, 0.2) is 0 Å². The maximum absolute atomic E-state index is 12.8. The van der Waals surface area contributed by atoms with Crippen LogP contribution in [0.2, 0.25) is 0 Å². The van der Waals surface area contributed by atoms with Crippen LogP contribution in [0.1, 0.15) is 12.8 Å². The summed E-state index contributed by atoms with van der Waals surface area (Å²) in [5.41, 5.74) is -0.335. The van der Waals surface area contributed by atoms with E-state index in [1.165, 1.54) is 33.5 Å². The molecule has 2 amide bonds. The van der Waals surface area contributed by atoms with Gasteiger partial charge in [0.25, 0.3) is 0 Å². The first-order valence-corrected chi connectivity index (χ1v) is 8.64. The Morgan fingerprint density at radius 1 is 0.786 bits per heavy atom. The average molecular weight is 386 g/mol. The lowest BCUT2D eigenvalue weighted by Crippen LogP contribution is -2.35. The molecule has 1 fully saturated rings. The van der Waals surface area contributed by atoms with Gasteiger partial charge in [-0.25, -0.2) is 0 Å². The fourth-order valence-corrected chi connectivity index (χ4v) is 2.84. The van der Waals surface area contributed by atoms with Crippen molar-refractivity contribution in [3.8, 4) is 23.0 Å². The summed E-state index contributed by atoms with van der Waals surface area (Å²) in [7, 11) is 4.48. The van der Waals surface area contributed by atoms with Crippen LogP contribution >= 0.6 is 0 Å². The van der Waals surface area contributed by atoms with Gasteiger partial charge in [0, 0.05) is 47.8 Å². The lowest BCUT2D eigenvalue weighted by atomic mass is 10.0. The molecule has 0 radical (unpaired) electrons. The number of phenols is 1. The van der Waals surface area contributed by atoms with E-state index in [1.807, 2.05) is 0 Å². The van der Waals surface area contributed by atoms with Crippen LogP contribution in [0.25, 0.3) is 0 Å². The third-order valence-corrected chi connectivity index (χ3v) is 4.61. The number of carbonyl (C=O) groups is 2. The Balaban J connectivity index is 1.75. The van der Waals surface area contributed by atoms with Crippen LogP contribution in [0.15, 0.2) is 36.4 Å². The van der Waals surface area contributed by atoms with Gasteiger partial charge in [-0.3, -0.25) is 9.59 Å². The quantitative estimate of drug-likeness (QED) is 0.632. The number of methoxy groups -OCH3 is 3. The van der Waals surface area contributed by atoms with Gasteiger partial charge in [0.05, 0.1) is 21.3 Å². The van der Waals surface area contributed by atoms with Crippen LogP contribution < -0.4 is 24.8 Å². The van der Waals surface area contributed by atoms with Crippen molar-refractivity contribution >= 4 is 23.2 Å². The van der Waals surface area contributed by atoms with Crippen LogP contribution in [0.5, 0.6) is 23.0 Å². The summed E-state index contributed by atoms with van der Waals surface area (Å²) in [5.74, 6) is 0.548. The van der Waals surface area contributed by atoms with Crippen LogP contribution in [0, 0.1) is 5.41 Å². The molecule has 0 bridgehead atoms. The van der Waals surface area contributed by atoms with E-state index in [0.717, 1.165) is 0 Å². The molecule has 1 aliphatic rings. The summed E-state index contributed by atoms with van der Waals surface area (Å²) < 4.78 is 15.5. The molecule has 0 aromatic heterocycles. The molecule has 3 rings (SSSR count). The summed E-state index contributed by atoms with van der Waals surface area (Å²) in [6, 6.07) is 9.36. The Morgan fingerprint density at radius 3 is 1.64 bits per heavy atom. The van der Waals surface area contributed by atoms with Crippen molar-refractivity contribution in [2.45, 2.75) is 12.8 Å². The molecule has 0 aliphatic heterocycles. The van der Waals surface area contributed by atoms with Crippen molar-refractivity contribution in [3.05, 3.63) is 36.4 Å². The smallest absolute Gasteiger partial charge is 0.240 e. The summed E-state index contributed by atoms with van der Waals surface area (Å²) in [5, 5.41) is 15.2. The number of hydrogen-bond donors (Lipinski definition) is 3. The second kappa shape index (κ2) is 7.67. The zero-order chi connectivity index (χ0) is 20.3. The molecule has 148 valence electrons. The highest BCUT2D eigenvalue weighted by Crippen LogP contribution is 2.48. The Kier molecular flexibility index (Phi) is 5.30. The van der Waals surface area contributed by atoms with Crippen LogP contribution in [0.3, 0.4) is 0 Å². The van der Waals surface area contributed by atoms with Gasteiger partial charge < -0.3 is 30.0 Å². The highest BCUT2D eigenvalue weighted by Gasteiger charge is 2.56. The van der Waals surface area contributed by atoms with Gasteiger partial charge in [0.1, 0.15) is 28.4 Å². The topological polar surface area (TPSA) is 106 Å². The molecule has 28 heavy (non-hydrogen) atoms. The van der Waals surface area contributed by atoms with E-state index in [2.05, 4.69) is 10.6 Å². The Labute approximate surface area is 162 Å². The van der Waals surface area contributed by atoms with Crippen LogP contribution in [0.4, 0.5) is 11.4 Å². The van der Waals surface area contributed by atoms with E-state index in [1.54, 1.807) is 24.3 Å². The summed E-state index contributed by atoms with van der Waals surface area (Å²) in [4.78, 5) is 25.5. The summed E-state index contributed by atoms with van der Waals surface area (Å²) >= 11 is 0. The van der Waals surface area contributed by atoms with Gasteiger partial charge in [-0.05, 0) is 12.8 Å². The number of rotatable bonds is 7. The Hall–Kier alpha value is -3.42. The van der Waals surface area contributed by atoms with Crippen LogP contribution in [-0.4, -0.2) is 38.3 Å². The van der Waals surface area contributed by atoms with E-state index in [0.29, 0.717) is 41.5 Å². The van der Waals surface area contributed by atoms with Gasteiger partial charge in [0.2, 0.25) is 11.8 Å². The number of ether oxygens (including phenoxy) is 3. The lowest BCUT2D eigenvalue weighted by Gasteiger charge is -2.17. The van der Waals surface area contributed by atoms with E-state index < -0.39 is 17.2 Å². The van der Waals surface area contributed by atoms with Crippen molar-refractivity contribution in [3.63, 3.8) is 0 Å². The van der Waals surface area contributed by atoms with E-state index >= 15 is 0 Å². The molecule has 0 spiro atoms. The number of carbonyl (C=O) groups excluding carboxylic acids is 2. The largest absolute Gasteiger partial charge is 0.508 e. The van der Waals surface area contributed by atoms with E-state index in [-0.39, 0.29) is 5.75 Å². The van der Waals surface area contributed by atoms with Crippen molar-refractivity contribution in [1.82, 2.24) is 0 Å². The molecule has 2 aromatic carbocycles. The fraction of sp³-hybridized carbons (Fsp3) is 0.300. The molecule has 8 nitrogen and oxygen atoms in total. The van der Waals surface area contributed by atoms with Crippen molar-refractivity contribution in [1.29, 1.82) is 0 Å². The number of aromatic hydroxyl groups is 1. The first-order chi connectivity index (χ1) is 13.4. The zero-order valence-corrected chi connectivity index (χ0v) is 15.9.